The van der Waals surface area contributed by atoms with Crippen molar-refractivity contribution in [3.63, 3.8) is 0 Å². The SMILES string of the molecule is Cc1nc(-n2cc(CO)nn2)sc1C. The van der Waals surface area contributed by atoms with Crippen LogP contribution in [-0.4, -0.2) is 25.1 Å². The van der Waals surface area contributed by atoms with Gasteiger partial charge in [-0.3, -0.25) is 0 Å². The van der Waals surface area contributed by atoms with Crippen LogP contribution in [0.1, 0.15) is 16.3 Å². The molecule has 0 bridgehead atoms. The number of hydrogen-bond donors (Lipinski definition) is 1. The molecule has 2 aromatic heterocycles. The Morgan fingerprint density at radius 1 is 1.50 bits per heavy atom. The Kier molecular flexibility index (Phi) is 2.30. The normalized spacial score (nSPS) is 10.8. The number of aryl methyl sites for hydroxylation is 2. The first-order chi connectivity index (χ1) is 6.70. The fourth-order valence-corrected chi connectivity index (χ4v) is 1.85. The lowest BCUT2D eigenvalue weighted by molar-refractivity contribution is 0.276. The second-order valence-corrected chi connectivity index (χ2v) is 4.13. The second kappa shape index (κ2) is 3.47. The molecule has 0 aromatic carbocycles. The van der Waals surface area contributed by atoms with E-state index in [1.165, 1.54) is 4.88 Å². The van der Waals surface area contributed by atoms with Gasteiger partial charge in [-0.05, 0) is 13.8 Å². The smallest absolute Gasteiger partial charge is 0.212 e. The fourth-order valence-electron chi connectivity index (χ4n) is 1.02. The minimum atomic E-state index is -0.0939. The maximum atomic E-state index is 8.82. The van der Waals surface area contributed by atoms with Gasteiger partial charge in [0, 0.05) is 4.88 Å². The highest BCUT2D eigenvalue weighted by Crippen LogP contribution is 2.19. The van der Waals surface area contributed by atoms with Gasteiger partial charge in [0.15, 0.2) is 0 Å². The summed E-state index contributed by atoms with van der Waals surface area (Å²) in [6.07, 6.45) is 1.68. The molecule has 0 atom stereocenters. The molecular formula is C8H10N4OS. The van der Waals surface area contributed by atoms with E-state index < -0.39 is 0 Å². The highest BCUT2D eigenvalue weighted by molar-refractivity contribution is 7.14. The highest BCUT2D eigenvalue weighted by Gasteiger charge is 2.07. The molecule has 6 heteroatoms. The van der Waals surface area contributed by atoms with Crippen LogP contribution >= 0.6 is 11.3 Å². The molecule has 0 fully saturated rings. The number of aliphatic hydroxyl groups is 1. The van der Waals surface area contributed by atoms with Crippen molar-refractivity contribution < 1.29 is 5.11 Å². The Balaban J connectivity index is 2.39. The average Bonchev–Trinajstić information content (AvgIpc) is 2.74. The molecule has 2 rings (SSSR count). The number of aliphatic hydroxyl groups excluding tert-OH is 1. The Morgan fingerprint density at radius 2 is 2.29 bits per heavy atom. The molecular weight excluding hydrogens is 200 g/mol. The summed E-state index contributed by atoms with van der Waals surface area (Å²) in [5.41, 5.74) is 1.56. The van der Waals surface area contributed by atoms with E-state index in [-0.39, 0.29) is 6.61 Å². The molecule has 0 saturated heterocycles. The minimum Gasteiger partial charge on any atom is -0.390 e. The van der Waals surface area contributed by atoms with E-state index >= 15 is 0 Å². The van der Waals surface area contributed by atoms with Crippen LogP contribution < -0.4 is 0 Å². The second-order valence-electron chi connectivity index (χ2n) is 2.95. The first-order valence-electron chi connectivity index (χ1n) is 4.17. The summed E-state index contributed by atoms with van der Waals surface area (Å²) < 4.78 is 1.58. The van der Waals surface area contributed by atoms with Gasteiger partial charge >= 0.3 is 0 Å². The molecule has 0 saturated carbocycles. The molecule has 0 aliphatic heterocycles. The molecule has 0 aliphatic carbocycles. The van der Waals surface area contributed by atoms with Gasteiger partial charge in [0.1, 0.15) is 5.69 Å². The largest absolute Gasteiger partial charge is 0.390 e. The molecule has 0 radical (unpaired) electrons. The van der Waals surface area contributed by atoms with Gasteiger partial charge in [-0.1, -0.05) is 16.6 Å². The van der Waals surface area contributed by atoms with Crippen molar-refractivity contribution in [3.8, 4) is 5.13 Å². The quantitative estimate of drug-likeness (QED) is 0.797. The van der Waals surface area contributed by atoms with E-state index in [4.69, 9.17) is 5.11 Å². The van der Waals surface area contributed by atoms with Gasteiger partial charge in [-0.15, -0.1) is 5.10 Å². The molecule has 0 amide bonds. The highest BCUT2D eigenvalue weighted by atomic mass is 32.1. The van der Waals surface area contributed by atoms with Crippen molar-refractivity contribution in [1.82, 2.24) is 20.0 Å². The van der Waals surface area contributed by atoms with E-state index in [0.717, 1.165) is 10.8 Å². The Bertz CT molecular complexity index is 428. The van der Waals surface area contributed by atoms with Crippen LogP contribution in [0.5, 0.6) is 0 Å². The Labute approximate surface area is 85.0 Å². The Hall–Kier alpha value is -1.27. The van der Waals surface area contributed by atoms with Crippen LogP contribution in [0.3, 0.4) is 0 Å². The van der Waals surface area contributed by atoms with Crippen molar-refractivity contribution in [2.24, 2.45) is 0 Å². The zero-order valence-electron chi connectivity index (χ0n) is 7.93. The van der Waals surface area contributed by atoms with E-state index in [2.05, 4.69) is 15.3 Å². The molecule has 5 nitrogen and oxygen atoms in total. The third-order valence-electron chi connectivity index (χ3n) is 1.92. The fraction of sp³-hybridized carbons (Fsp3) is 0.375. The topological polar surface area (TPSA) is 63.8 Å². The molecule has 1 N–H and O–H groups in total. The zero-order valence-corrected chi connectivity index (χ0v) is 8.75. The standard InChI is InChI=1S/C8H10N4OS/c1-5-6(2)14-8(9-5)12-3-7(4-13)10-11-12/h3,13H,4H2,1-2H3. The maximum absolute atomic E-state index is 8.82. The molecule has 0 unspecified atom stereocenters. The van der Waals surface area contributed by atoms with Crippen LogP contribution in [0.15, 0.2) is 6.20 Å². The van der Waals surface area contributed by atoms with Gasteiger partial charge < -0.3 is 5.11 Å². The van der Waals surface area contributed by atoms with Gasteiger partial charge in [-0.25, -0.2) is 4.98 Å². The van der Waals surface area contributed by atoms with Crippen molar-refractivity contribution in [1.29, 1.82) is 0 Å². The number of hydrogen-bond acceptors (Lipinski definition) is 5. The maximum Gasteiger partial charge on any atom is 0.212 e. The van der Waals surface area contributed by atoms with Crippen LogP contribution in [0.25, 0.3) is 5.13 Å². The molecule has 74 valence electrons. The average molecular weight is 210 g/mol. The van der Waals surface area contributed by atoms with Crippen molar-refractivity contribution in [2.75, 3.05) is 0 Å². The Morgan fingerprint density at radius 3 is 2.79 bits per heavy atom. The molecule has 2 aromatic rings. The number of nitrogens with zero attached hydrogens (tertiary/aromatic N) is 4. The molecule has 0 spiro atoms. The summed E-state index contributed by atoms with van der Waals surface area (Å²) in [4.78, 5) is 5.49. The lowest BCUT2D eigenvalue weighted by atomic mass is 10.4. The number of thiazole rings is 1. The molecule has 2 heterocycles. The van der Waals surface area contributed by atoms with Crippen LogP contribution in [0, 0.1) is 13.8 Å². The van der Waals surface area contributed by atoms with E-state index in [1.54, 1.807) is 22.2 Å². The molecule has 0 aliphatic rings. The summed E-state index contributed by atoms with van der Waals surface area (Å²) in [6, 6.07) is 0. The third-order valence-corrected chi connectivity index (χ3v) is 2.98. The minimum absolute atomic E-state index is 0.0939. The monoisotopic (exact) mass is 210 g/mol. The lowest BCUT2D eigenvalue weighted by Gasteiger charge is -1.89. The summed E-state index contributed by atoms with van der Waals surface area (Å²) in [5.74, 6) is 0. The van der Waals surface area contributed by atoms with Crippen molar-refractivity contribution in [3.05, 3.63) is 22.5 Å². The van der Waals surface area contributed by atoms with Gasteiger partial charge in [-0.2, -0.15) is 4.68 Å². The third kappa shape index (κ3) is 1.53. The van der Waals surface area contributed by atoms with Gasteiger partial charge in [0.05, 0.1) is 18.5 Å². The van der Waals surface area contributed by atoms with E-state index in [0.29, 0.717) is 5.69 Å². The molecule has 14 heavy (non-hydrogen) atoms. The van der Waals surface area contributed by atoms with Crippen LogP contribution in [0.4, 0.5) is 0 Å². The van der Waals surface area contributed by atoms with Crippen LogP contribution in [0.2, 0.25) is 0 Å². The number of rotatable bonds is 2. The van der Waals surface area contributed by atoms with Crippen molar-refractivity contribution in [2.45, 2.75) is 20.5 Å². The summed E-state index contributed by atoms with van der Waals surface area (Å²) >= 11 is 1.56. The summed E-state index contributed by atoms with van der Waals surface area (Å²) in [7, 11) is 0. The van der Waals surface area contributed by atoms with Crippen molar-refractivity contribution >= 4 is 11.3 Å². The first kappa shape index (κ1) is 9.29. The first-order valence-corrected chi connectivity index (χ1v) is 4.99. The summed E-state index contributed by atoms with van der Waals surface area (Å²) in [5, 5.41) is 17.3. The van der Waals surface area contributed by atoms with E-state index in [9.17, 15) is 0 Å². The predicted octanol–water partition coefficient (Wildman–Crippen LogP) is 0.833. The van der Waals surface area contributed by atoms with Gasteiger partial charge in [0.2, 0.25) is 5.13 Å². The zero-order chi connectivity index (χ0) is 10.1. The van der Waals surface area contributed by atoms with E-state index in [1.807, 2.05) is 13.8 Å². The lowest BCUT2D eigenvalue weighted by Crippen LogP contribution is -1.93. The summed E-state index contributed by atoms with van der Waals surface area (Å²) in [6.45, 7) is 3.88. The predicted molar refractivity (Wildman–Crippen MR) is 52.4 cm³/mol. The van der Waals surface area contributed by atoms with Crippen LogP contribution in [-0.2, 0) is 6.61 Å². The number of aromatic nitrogens is 4. The van der Waals surface area contributed by atoms with Gasteiger partial charge in [0.25, 0.3) is 0 Å².